The maximum Gasteiger partial charge on any atom is 1.00 e. The number of benzene rings is 3. The van der Waals surface area contributed by atoms with E-state index in [1.165, 1.54) is 18.2 Å². The molecule has 214 valence electrons. The summed E-state index contributed by atoms with van der Waals surface area (Å²) in [6, 6.07) is 24.9. The van der Waals surface area contributed by atoms with E-state index in [0.717, 1.165) is 6.20 Å². The summed E-state index contributed by atoms with van der Waals surface area (Å²) in [6.07, 6.45) is 1.09. The Labute approximate surface area is 268 Å². The summed E-state index contributed by atoms with van der Waals surface area (Å²) in [6.45, 7) is 4.86. The zero-order chi connectivity index (χ0) is 29.6. The van der Waals surface area contributed by atoms with Crippen molar-refractivity contribution in [3.05, 3.63) is 120 Å². The number of nitrogens with zero attached hydrogens (tertiary/aromatic N) is 1. The van der Waals surface area contributed by atoms with Crippen molar-refractivity contribution in [1.29, 1.82) is 0 Å². The Balaban J connectivity index is 0.00000323. The fourth-order valence-corrected chi connectivity index (χ4v) is 4.84. The predicted octanol–water partition coefficient (Wildman–Crippen LogP) is 3.10. The van der Waals surface area contributed by atoms with Crippen molar-refractivity contribution in [2.75, 3.05) is 0 Å². The molecule has 0 spiro atoms. The number of hydrogen-bond acceptors (Lipinski definition) is 8. The second kappa shape index (κ2) is 14.0. The van der Waals surface area contributed by atoms with E-state index in [-0.39, 0.29) is 61.0 Å². The van der Waals surface area contributed by atoms with Gasteiger partial charge in [-0.2, -0.15) is 8.42 Å². The average molecular weight is 600 g/mol. The van der Waals surface area contributed by atoms with E-state index < -0.39 is 32.9 Å². The molecule has 1 aromatic heterocycles. The van der Waals surface area contributed by atoms with E-state index in [4.69, 9.17) is 14.2 Å². The van der Waals surface area contributed by atoms with Crippen LogP contribution in [0.4, 0.5) is 4.79 Å². The number of carbonyl (C=O) groups excluding carboxylic acids is 3. The molecular weight excluding hydrogens is 569 g/mol. The van der Waals surface area contributed by atoms with Crippen molar-refractivity contribution in [3.63, 3.8) is 0 Å². The molecule has 3 aromatic carbocycles. The molecule has 0 amide bonds. The molecule has 9 nitrogen and oxygen atoms in total. The Morgan fingerprint density at radius 1 is 0.738 bits per heavy atom. The molecule has 0 radical (unpaired) electrons. The quantitative estimate of drug-likeness (QED) is 0.172. The van der Waals surface area contributed by atoms with Crippen LogP contribution in [0.15, 0.2) is 97.2 Å². The Hall–Kier alpha value is -3.70. The smallest absolute Gasteiger partial charge is 1.00 e. The Morgan fingerprint density at radius 3 is 1.79 bits per heavy atom. The Morgan fingerprint density at radius 2 is 1.26 bits per heavy atom. The summed E-state index contributed by atoms with van der Waals surface area (Å²) in [7, 11) is -4.82. The van der Waals surface area contributed by atoms with Crippen LogP contribution in [-0.4, -0.2) is 35.2 Å². The molecule has 0 aliphatic rings. The summed E-state index contributed by atoms with van der Waals surface area (Å²) in [5.41, 5.74) is 1.07. The summed E-state index contributed by atoms with van der Waals surface area (Å²) in [4.78, 5) is 38.5. The molecule has 1 heterocycles. The van der Waals surface area contributed by atoms with Crippen LogP contribution >= 0.6 is 0 Å². The van der Waals surface area contributed by atoms with Crippen molar-refractivity contribution < 1.29 is 68.0 Å². The van der Waals surface area contributed by atoms with Gasteiger partial charge in [0.1, 0.15) is 24.5 Å². The van der Waals surface area contributed by atoms with Gasteiger partial charge in [0.25, 0.3) is 0 Å². The second-order valence-corrected chi connectivity index (χ2v) is 11.7. The SMILES string of the molecule is CC(C)(C)OC(=O)c1ccc(-c2ccn(S(=O)(=O)C(=O)OCc3ccccc3)c2C(=O)OCc2ccccc2)cc1.[H-].[Na+]. The Kier molecular flexibility index (Phi) is 10.9. The maximum absolute atomic E-state index is 13.3. The van der Waals surface area contributed by atoms with Crippen LogP contribution in [0.25, 0.3) is 11.1 Å². The van der Waals surface area contributed by atoms with E-state index >= 15 is 0 Å². The monoisotopic (exact) mass is 599 g/mol. The second-order valence-electron chi connectivity index (χ2n) is 10.0. The van der Waals surface area contributed by atoms with E-state index in [2.05, 4.69) is 0 Å². The molecule has 0 unspecified atom stereocenters. The van der Waals surface area contributed by atoms with Crippen LogP contribution < -0.4 is 29.6 Å². The van der Waals surface area contributed by atoms with Crippen LogP contribution in [0.2, 0.25) is 0 Å². The number of esters is 2. The number of carbonyl (C=O) groups is 3. The zero-order valence-corrected chi connectivity index (χ0v) is 26.6. The predicted molar refractivity (Wildman–Crippen MR) is 153 cm³/mol. The molecule has 0 N–H and O–H groups in total. The van der Waals surface area contributed by atoms with E-state index in [1.54, 1.807) is 87.5 Å². The van der Waals surface area contributed by atoms with Gasteiger partial charge in [0, 0.05) is 11.8 Å². The third-order valence-corrected chi connectivity index (χ3v) is 7.12. The molecule has 4 aromatic rings. The first-order valence-corrected chi connectivity index (χ1v) is 14.1. The third-order valence-electron chi connectivity index (χ3n) is 5.76. The van der Waals surface area contributed by atoms with Crippen LogP contribution in [0.5, 0.6) is 0 Å². The molecule has 42 heavy (non-hydrogen) atoms. The van der Waals surface area contributed by atoms with Gasteiger partial charge in [-0.1, -0.05) is 72.8 Å². The van der Waals surface area contributed by atoms with Crippen molar-refractivity contribution in [2.45, 2.75) is 39.6 Å². The van der Waals surface area contributed by atoms with Crippen molar-refractivity contribution >= 4 is 27.3 Å². The maximum atomic E-state index is 13.3. The van der Waals surface area contributed by atoms with Crippen LogP contribution in [0.1, 0.15) is 54.2 Å². The minimum Gasteiger partial charge on any atom is -1.00 e. The van der Waals surface area contributed by atoms with Gasteiger partial charge in [-0.05, 0) is 55.7 Å². The molecule has 0 aliphatic heterocycles. The van der Waals surface area contributed by atoms with Crippen molar-refractivity contribution in [3.8, 4) is 11.1 Å². The van der Waals surface area contributed by atoms with Gasteiger partial charge in [0.2, 0.25) is 0 Å². The fraction of sp³-hybridized carbons (Fsp3) is 0.194. The van der Waals surface area contributed by atoms with Crippen LogP contribution in [-0.2, 0) is 37.4 Å². The van der Waals surface area contributed by atoms with Gasteiger partial charge in [-0.25, -0.2) is 18.4 Å². The summed E-state index contributed by atoms with van der Waals surface area (Å²) >= 11 is 0. The number of rotatable bonds is 8. The van der Waals surface area contributed by atoms with Gasteiger partial charge in [-0.3, -0.25) is 0 Å². The minimum absolute atomic E-state index is 0. The first kappa shape index (κ1) is 32.8. The normalized spacial score (nSPS) is 11.2. The molecule has 11 heteroatoms. The summed E-state index contributed by atoms with van der Waals surface area (Å²) < 4.78 is 43.0. The number of hydrogen-bond donors (Lipinski definition) is 0. The molecular formula is C31H30NNaO8S. The zero-order valence-electron chi connectivity index (χ0n) is 24.8. The standard InChI is InChI=1S/C31H29NO8S.Na.H/c1-31(2,3)40-28(33)25-16-14-24(15-17-25)26-18-19-32(27(26)29(34)38-20-22-10-6-4-7-11-22)41(36,37)30(35)39-21-23-12-8-5-9-13-23;;/h4-19H,20-21H2,1-3H3;;/q;+1;-1. The van der Waals surface area contributed by atoms with Crippen LogP contribution in [0.3, 0.4) is 0 Å². The first-order chi connectivity index (χ1) is 19.5. The number of ether oxygens (including phenoxy) is 3. The summed E-state index contributed by atoms with van der Waals surface area (Å²) in [5.74, 6) is -1.50. The van der Waals surface area contributed by atoms with Gasteiger partial charge in [-0.15, -0.1) is 0 Å². The van der Waals surface area contributed by atoms with E-state index in [0.29, 0.717) is 20.7 Å². The van der Waals surface area contributed by atoms with Crippen molar-refractivity contribution in [2.24, 2.45) is 0 Å². The molecule has 0 atom stereocenters. The van der Waals surface area contributed by atoms with E-state index in [1.807, 2.05) is 6.07 Å². The summed E-state index contributed by atoms with van der Waals surface area (Å²) in [5, 5.41) is -1.53. The van der Waals surface area contributed by atoms with Gasteiger partial charge >= 0.3 is 56.8 Å². The molecule has 0 saturated carbocycles. The molecule has 0 saturated heterocycles. The minimum atomic E-state index is -4.82. The molecule has 4 rings (SSSR count). The first-order valence-electron chi connectivity index (χ1n) is 12.7. The largest absolute Gasteiger partial charge is 1.00 e. The fourth-order valence-electron chi connectivity index (χ4n) is 3.83. The van der Waals surface area contributed by atoms with Gasteiger partial charge in [0.05, 0.1) is 5.56 Å². The van der Waals surface area contributed by atoms with Gasteiger partial charge < -0.3 is 15.6 Å². The van der Waals surface area contributed by atoms with Crippen molar-refractivity contribution in [1.82, 2.24) is 3.97 Å². The van der Waals surface area contributed by atoms with E-state index in [9.17, 15) is 22.8 Å². The topological polar surface area (TPSA) is 118 Å². The van der Waals surface area contributed by atoms with Gasteiger partial charge in [0.15, 0.2) is 0 Å². The molecule has 0 fully saturated rings. The average Bonchev–Trinajstić information content (AvgIpc) is 3.41. The molecule has 0 bridgehead atoms. The van der Waals surface area contributed by atoms with Crippen LogP contribution in [0, 0.1) is 0 Å². The number of aromatic nitrogens is 1. The molecule has 0 aliphatic carbocycles. The Bertz CT molecular complexity index is 1650. The third kappa shape index (κ3) is 8.19.